The van der Waals surface area contributed by atoms with Gasteiger partial charge in [-0.1, -0.05) is 29.8 Å². The summed E-state index contributed by atoms with van der Waals surface area (Å²) in [6, 6.07) is 0.848. The van der Waals surface area contributed by atoms with Gasteiger partial charge in [0, 0.05) is 7.05 Å². The van der Waals surface area contributed by atoms with Crippen molar-refractivity contribution in [2.75, 3.05) is 20.1 Å². The van der Waals surface area contributed by atoms with Gasteiger partial charge in [0.15, 0.2) is 0 Å². The molecule has 26 heavy (non-hydrogen) atoms. The predicted molar refractivity (Wildman–Crippen MR) is 98.3 cm³/mol. The molecule has 0 bridgehead atoms. The number of aromatic nitrogens is 2. The maximum Gasteiger partial charge on any atom is 0.421 e. The van der Waals surface area contributed by atoms with Gasteiger partial charge < -0.3 is 0 Å². The highest BCUT2D eigenvalue weighted by molar-refractivity contribution is 6.23. The smallest absolute Gasteiger partial charge is 0.270 e. The number of fused-ring (bicyclic) bond motifs is 1. The number of likely N-dealkylation sites (N-methyl/N-ethyl adjacent to an activating group) is 1. The van der Waals surface area contributed by atoms with E-state index < -0.39 is 12.1 Å². The second kappa shape index (κ2) is 6.36. The van der Waals surface area contributed by atoms with Crippen LogP contribution in [0.5, 0.6) is 0 Å². The van der Waals surface area contributed by atoms with Gasteiger partial charge in [-0.25, -0.2) is 9.37 Å². The second-order valence-corrected chi connectivity index (χ2v) is 6.68. The van der Waals surface area contributed by atoms with Crippen molar-refractivity contribution in [3.63, 3.8) is 0 Å². The second-order valence-electron chi connectivity index (χ2n) is 6.68. The third-order valence-corrected chi connectivity index (χ3v) is 4.34. The molecule has 1 atom stereocenters. The molecule has 8 nitrogen and oxygen atoms in total. The van der Waals surface area contributed by atoms with Crippen LogP contribution in [0.25, 0.3) is 0 Å². The lowest BCUT2D eigenvalue weighted by atomic mass is 10.1. The van der Waals surface area contributed by atoms with Gasteiger partial charge in [0.25, 0.3) is 5.91 Å². The van der Waals surface area contributed by atoms with E-state index in [2.05, 4.69) is 23.2 Å². The first kappa shape index (κ1) is 17.8. The van der Waals surface area contributed by atoms with Crippen LogP contribution in [-0.2, 0) is 4.79 Å². The molecule has 0 radical (unpaired) electrons. The summed E-state index contributed by atoms with van der Waals surface area (Å²) < 4.78 is 3.51. The first-order valence-corrected chi connectivity index (χ1v) is 8.36. The van der Waals surface area contributed by atoms with Crippen LogP contribution in [-0.4, -0.2) is 74.1 Å². The fourth-order valence-electron chi connectivity index (χ4n) is 3.25. The zero-order valence-corrected chi connectivity index (χ0v) is 15.6. The number of nitrogens with zero attached hydrogens (tertiary/aromatic N) is 6. The summed E-state index contributed by atoms with van der Waals surface area (Å²) >= 11 is 0. The van der Waals surface area contributed by atoms with E-state index in [1.54, 1.807) is 24.7 Å². The molecule has 1 saturated heterocycles. The third-order valence-electron chi connectivity index (χ3n) is 4.34. The summed E-state index contributed by atoms with van der Waals surface area (Å²) in [5.41, 5.74) is 2.48. The number of hydrogen-bond acceptors (Lipinski definition) is 4. The quantitative estimate of drug-likeness (QED) is 0.601. The molecule has 3 heterocycles. The minimum absolute atomic E-state index is 0.183. The van der Waals surface area contributed by atoms with Crippen molar-refractivity contribution >= 4 is 23.7 Å². The van der Waals surface area contributed by atoms with Crippen molar-refractivity contribution in [3.05, 3.63) is 42.3 Å². The summed E-state index contributed by atoms with van der Waals surface area (Å²) in [6.07, 6.45) is 1.71. The molecule has 0 aliphatic carbocycles. The Morgan fingerprint density at radius 2 is 2.08 bits per heavy atom. The lowest BCUT2D eigenvalue weighted by Gasteiger charge is -2.34. The standard InChI is InChI=1S/C18H23N6O2/c1-7-8-22-14-15(19-17(22)24-13(5)9-12(4)20-24)21(6)18(26)23(16(14)25)10-11(2)3/h7,9,14H,1-2,8,10H2,3-6H3/q+1. The molecular formula is C18H23N6O2+. The van der Waals surface area contributed by atoms with Crippen molar-refractivity contribution in [2.24, 2.45) is 4.99 Å². The lowest BCUT2D eigenvalue weighted by molar-refractivity contribution is -0.527. The van der Waals surface area contributed by atoms with Crippen LogP contribution < -0.4 is 0 Å². The third kappa shape index (κ3) is 2.67. The van der Waals surface area contributed by atoms with Crippen molar-refractivity contribution < 1.29 is 14.2 Å². The van der Waals surface area contributed by atoms with Crippen LogP contribution in [0.4, 0.5) is 4.79 Å². The van der Waals surface area contributed by atoms with Crippen LogP contribution in [0.3, 0.4) is 0 Å². The number of aryl methyl sites for hydroxylation is 2. The summed E-state index contributed by atoms with van der Waals surface area (Å²) in [7, 11) is 1.63. The van der Waals surface area contributed by atoms with Crippen molar-refractivity contribution in [1.29, 1.82) is 0 Å². The van der Waals surface area contributed by atoms with E-state index in [9.17, 15) is 9.59 Å². The summed E-state index contributed by atoms with van der Waals surface area (Å²) in [5.74, 6) is 0.608. The minimum Gasteiger partial charge on any atom is -0.270 e. The average Bonchev–Trinajstić information content (AvgIpc) is 3.09. The number of imide groups is 1. The molecule has 3 rings (SSSR count). The Labute approximate surface area is 152 Å². The molecular weight excluding hydrogens is 332 g/mol. The molecule has 136 valence electrons. The van der Waals surface area contributed by atoms with Gasteiger partial charge in [0.05, 0.1) is 18.8 Å². The van der Waals surface area contributed by atoms with E-state index in [1.807, 2.05) is 24.5 Å². The lowest BCUT2D eigenvalue weighted by Crippen LogP contribution is -2.63. The largest absolute Gasteiger partial charge is 0.421 e. The summed E-state index contributed by atoms with van der Waals surface area (Å²) in [5, 5.41) is 4.47. The number of carbonyl (C=O) groups excluding carboxylic acids is 2. The Morgan fingerprint density at radius 1 is 1.38 bits per heavy atom. The zero-order valence-electron chi connectivity index (χ0n) is 15.6. The SMILES string of the molecule is C=CC[N+]1=C(n2nc(C)cc2C)N=C2C1C(=O)N(CC(=C)C)C(=O)N2C. The molecule has 1 unspecified atom stereocenters. The van der Waals surface area contributed by atoms with Gasteiger partial charge in [-0.3, -0.25) is 14.6 Å². The molecule has 1 aromatic rings. The molecule has 8 heteroatoms. The summed E-state index contributed by atoms with van der Waals surface area (Å²) in [6.45, 7) is 13.8. The number of carbonyl (C=O) groups is 2. The molecule has 1 fully saturated rings. The van der Waals surface area contributed by atoms with Crippen LogP contribution >= 0.6 is 0 Å². The predicted octanol–water partition coefficient (Wildman–Crippen LogP) is 1.15. The van der Waals surface area contributed by atoms with E-state index in [0.717, 1.165) is 17.0 Å². The molecule has 0 N–H and O–H groups in total. The Hall–Kier alpha value is -3.03. The van der Waals surface area contributed by atoms with Crippen LogP contribution in [0.2, 0.25) is 0 Å². The van der Waals surface area contributed by atoms with E-state index in [0.29, 0.717) is 18.3 Å². The first-order valence-electron chi connectivity index (χ1n) is 8.36. The number of hydrogen-bond donors (Lipinski definition) is 0. The fourth-order valence-corrected chi connectivity index (χ4v) is 3.25. The molecule has 0 aromatic carbocycles. The molecule has 2 aliphatic rings. The normalized spacial score (nSPS) is 19.8. The van der Waals surface area contributed by atoms with Crippen LogP contribution in [0.1, 0.15) is 18.3 Å². The van der Waals surface area contributed by atoms with Gasteiger partial charge in [0.1, 0.15) is 5.69 Å². The van der Waals surface area contributed by atoms with Crippen LogP contribution in [0, 0.1) is 13.8 Å². The molecule has 0 saturated carbocycles. The number of amides is 3. The Morgan fingerprint density at radius 3 is 2.62 bits per heavy atom. The highest BCUT2D eigenvalue weighted by Gasteiger charge is 2.52. The number of urea groups is 1. The molecule has 2 aliphatic heterocycles. The number of amidine groups is 1. The Bertz CT molecular complexity index is 891. The molecule has 1 aromatic heterocycles. The van der Waals surface area contributed by atoms with Crippen molar-refractivity contribution in [3.8, 4) is 0 Å². The monoisotopic (exact) mass is 355 g/mol. The van der Waals surface area contributed by atoms with Gasteiger partial charge in [-0.15, -0.1) is 9.78 Å². The van der Waals surface area contributed by atoms with Crippen molar-refractivity contribution in [1.82, 2.24) is 19.6 Å². The first-order chi connectivity index (χ1) is 12.3. The molecule has 0 spiro atoms. The van der Waals surface area contributed by atoms with E-state index in [1.165, 1.54) is 9.80 Å². The zero-order chi connectivity index (χ0) is 19.2. The van der Waals surface area contributed by atoms with E-state index in [4.69, 9.17) is 0 Å². The van der Waals surface area contributed by atoms with Gasteiger partial charge in [-0.05, 0) is 26.8 Å². The fraction of sp³-hybridized carbons (Fsp3) is 0.389. The van der Waals surface area contributed by atoms with E-state index in [-0.39, 0.29) is 12.5 Å². The minimum atomic E-state index is -0.686. The molecule has 3 amide bonds. The average molecular weight is 355 g/mol. The Kier molecular flexibility index (Phi) is 4.35. The van der Waals surface area contributed by atoms with Gasteiger partial charge in [0.2, 0.25) is 11.9 Å². The maximum absolute atomic E-state index is 13.1. The number of aliphatic imine (C=N–C) groups is 1. The maximum atomic E-state index is 13.1. The van der Waals surface area contributed by atoms with Crippen molar-refractivity contribution in [2.45, 2.75) is 26.8 Å². The van der Waals surface area contributed by atoms with Crippen LogP contribution in [0.15, 0.2) is 35.9 Å². The van der Waals surface area contributed by atoms with Gasteiger partial charge in [-0.2, -0.15) is 0 Å². The van der Waals surface area contributed by atoms with Gasteiger partial charge >= 0.3 is 12.0 Å². The summed E-state index contributed by atoms with van der Waals surface area (Å²) in [4.78, 5) is 33.0. The Balaban J connectivity index is 2.14. The highest BCUT2D eigenvalue weighted by Crippen LogP contribution is 2.21. The van der Waals surface area contributed by atoms with E-state index >= 15 is 0 Å². The highest BCUT2D eigenvalue weighted by atomic mass is 16.2. The number of rotatable bonds is 4. The topological polar surface area (TPSA) is 73.8 Å².